The predicted molar refractivity (Wildman–Crippen MR) is 87.4 cm³/mol. The van der Waals surface area contributed by atoms with Gasteiger partial charge in [0.25, 0.3) is 0 Å². The van der Waals surface area contributed by atoms with Gasteiger partial charge in [-0.15, -0.1) is 0 Å². The summed E-state index contributed by atoms with van der Waals surface area (Å²) in [4.78, 5) is 4.83. The third-order valence-corrected chi connectivity index (χ3v) is 4.32. The minimum Gasteiger partial charge on any atom is -0.385 e. The van der Waals surface area contributed by atoms with E-state index in [0.29, 0.717) is 5.92 Å². The Bertz CT molecular complexity index is 576. The van der Waals surface area contributed by atoms with E-state index in [2.05, 4.69) is 73.8 Å². The van der Waals surface area contributed by atoms with Crippen molar-refractivity contribution in [1.29, 1.82) is 0 Å². The second-order valence-corrected chi connectivity index (χ2v) is 6.01. The van der Waals surface area contributed by atoms with Gasteiger partial charge < -0.3 is 5.32 Å². The molecule has 18 heavy (non-hydrogen) atoms. The maximum Gasteiger partial charge on any atom is 0.0765 e. The average molecular weight is 354 g/mol. The molecule has 0 saturated heterocycles. The number of fused-ring (bicyclic) bond motifs is 1. The number of halogens is 1. The monoisotopic (exact) mass is 354 g/mol. The Labute approximate surface area is 122 Å². The van der Waals surface area contributed by atoms with Gasteiger partial charge in [-0.2, -0.15) is 0 Å². The van der Waals surface area contributed by atoms with E-state index in [1.54, 1.807) is 0 Å². The van der Waals surface area contributed by atoms with Crippen LogP contribution in [0.15, 0.2) is 18.2 Å². The van der Waals surface area contributed by atoms with Crippen molar-refractivity contribution in [2.75, 3.05) is 11.9 Å². The summed E-state index contributed by atoms with van der Waals surface area (Å²) in [7, 11) is 0. The molecule has 1 aromatic heterocycles. The van der Waals surface area contributed by atoms with Gasteiger partial charge in [0.15, 0.2) is 0 Å². The Hall–Kier alpha value is -0.840. The standard InChI is InChI=1S/C15H19IN2/c1-5-17-14-8-13(9(2)3)18-15-10(4)12(16)7-6-11(14)15/h6-9H,5H2,1-4H3,(H,17,18). The van der Waals surface area contributed by atoms with Gasteiger partial charge >= 0.3 is 0 Å². The molecular weight excluding hydrogens is 335 g/mol. The molecule has 0 spiro atoms. The molecule has 1 N–H and O–H groups in total. The molecule has 0 saturated carbocycles. The number of aromatic nitrogens is 1. The number of nitrogens with one attached hydrogen (secondary N) is 1. The largest absolute Gasteiger partial charge is 0.385 e. The summed E-state index contributed by atoms with van der Waals surface area (Å²) >= 11 is 2.37. The summed E-state index contributed by atoms with van der Waals surface area (Å²) in [6.45, 7) is 9.58. The number of rotatable bonds is 3. The van der Waals surface area contributed by atoms with Crippen LogP contribution in [0.3, 0.4) is 0 Å². The molecule has 0 atom stereocenters. The number of nitrogens with zero attached hydrogens (tertiary/aromatic N) is 1. The zero-order chi connectivity index (χ0) is 13.3. The molecule has 2 rings (SSSR count). The Morgan fingerprint density at radius 2 is 2.06 bits per heavy atom. The Balaban J connectivity index is 2.77. The van der Waals surface area contributed by atoms with Crippen molar-refractivity contribution in [1.82, 2.24) is 4.98 Å². The zero-order valence-corrected chi connectivity index (χ0v) is 13.5. The molecule has 0 aliphatic heterocycles. The molecule has 1 aromatic carbocycles. The minimum atomic E-state index is 0.448. The van der Waals surface area contributed by atoms with Crippen molar-refractivity contribution < 1.29 is 0 Å². The fourth-order valence-electron chi connectivity index (χ4n) is 2.06. The number of anilines is 1. The topological polar surface area (TPSA) is 24.9 Å². The lowest BCUT2D eigenvalue weighted by atomic mass is 10.0. The number of pyridine rings is 1. The van der Waals surface area contributed by atoms with E-state index in [4.69, 9.17) is 4.98 Å². The van der Waals surface area contributed by atoms with E-state index in [-0.39, 0.29) is 0 Å². The maximum absolute atomic E-state index is 4.83. The highest BCUT2D eigenvalue weighted by atomic mass is 127. The molecule has 0 aliphatic carbocycles. The fraction of sp³-hybridized carbons (Fsp3) is 0.400. The van der Waals surface area contributed by atoms with Gasteiger partial charge in [-0.05, 0) is 66.1 Å². The fourth-order valence-corrected chi connectivity index (χ4v) is 2.49. The Kier molecular flexibility index (Phi) is 4.10. The lowest BCUT2D eigenvalue weighted by Gasteiger charge is -2.14. The molecular formula is C15H19IN2. The van der Waals surface area contributed by atoms with E-state index in [9.17, 15) is 0 Å². The van der Waals surface area contributed by atoms with Crippen LogP contribution >= 0.6 is 22.6 Å². The third-order valence-electron chi connectivity index (χ3n) is 3.15. The summed E-state index contributed by atoms with van der Waals surface area (Å²) in [6, 6.07) is 6.51. The number of hydrogen-bond acceptors (Lipinski definition) is 2. The maximum atomic E-state index is 4.83. The molecule has 96 valence electrons. The van der Waals surface area contributed by atoms with Crippen molar-refractivity contribution in [2.45, 2.75) is 33.6 Å². The molecule has 2 aromatic rings. The molecule has 1 heterocycles. The molecule has 0 amide bonds. The van der Waals surface area contributed by atoms with Gasteiger partial charge in [0.1, 0.15) is 0 Å². The first kappa shape index (κ1) is 13.6. The number of benzene rings is 1. The number of aryl methyl sites for hydroxylation is 1. The van der Waals surface area contributed by atoms with E-state index in [0.717, 1.165) is 17.8 Å². The Morgan fingerprint density at radius 3 is 2.67 bits per heavy atom. The van der Waals surface area contributed by atoms with Gasteiger partial charge in [0.2, 0.25) is 0 Å². The highest BCUT2D eigenvalue weighted by Gasteiger charge is 2.11. The van der Waals surface area contributed by atoms with Crippen LogP contribution < -0.4 is 5.32 Å². The van der Waals surface area contributed by atoms with Crippen LogP contribution in [-0.2, 0) is 0 Å². The first-order chi connectivity index (χ1) is 8.54. The molecule has 0 bridgehead atoms. The summed E-state index contributed by atoms with van der Waals surface area (Å²) in [5, 5.41) is 4.67. The van der Waals surface area contributed by atoms with Gasteiger partial charge in [-0.3, -0.25) is 4.98 Å². The van der Waals surface area contributed by atoms with E-state index in [1.807, 2.05) is 0 Å². The van der Waals surface area contributed by atoms with Crippen molar-refractivity contribution >= 4 is 39.2 Å². The van der Waals surface area contributed by atoms with Crippen molar-refractivity contribution in [2.24, 2.45) is 0 Å². The first-order valence-electron chi connectivity index (χ1n) is 6.38. The molecule has 0 unspecified atom stereocenters. The third kappa shape index (κ3) is 2.46. The molecule has 0 aliphatic rings. The first-order valence-corrected chi connectivity index (χ1v) is 7.46. The number of hydrogen-bond donors (Lipinski definition) is 1. The lowest BCUT2D eigenvalue weighted by Crippen LogP contribution is -2.03. The van der Waals surface area contributed by atoms with Gasteiger partial charge in [0.05, 0.1) is 5.52 Å². The van der Waals surface area contributed by atoms with Crippen LogP contribution in [0.4, 0.5) is 5.69 Å². The summed E-state index contributed by atoms with van der Waals surface area (Å²) in [5.41, 5.74) is 4.76. The zero-order valence-electron chi connectivity index (χ0n) is 11.3. The van der Waals surface area contributed by atoms with Crippen LogP contribution in [0, 0.1) is 10.5 Å². The highest BCUT2D eigenvalue weighted by Crippen LogP contribution is 2.30. The van der Waals surface area contributed by atoms with E-state index >= 15 is 0 Å². The van der Waals surface area contributed by atoms with Gasteiger partial charge in [-0.1, -0.05) is 13.8 Å². The smallest absolute Gasteiger partial charge is 0.0765 e. The highest BCUT2D eigenvalue weighted by molar-refractivity contribution is 14.1. The second kappa shape index (κ2) is 5.43. The van der Waals surface area contributed by atoms with Crippen molar-refractivity contribution in [3.8, 4) is 0 Å². The van der Waals surface area contributed by atoms with Crippen LogP contribution in [0.1, 0.15) is 37.9 Å². The van der Waals surface area contributed by atoms with Gasteiger partial charge in [-0.25, -0.2) is 0 Å². The van der Waals surface area contributed by atoms with E-state index in [1.165, 1.54) is 20.2 Å². The summed E-state index contributed by atoms with van der Waals surface area (Å²) < 4.78 is 1.27. The van der Waals surface area contributed by atoms with Crippen molar-refractivity contribution in [3.05, 3.63) is 33.0 Å². The minimum absolute atomic E-state index is 0.448. The lowest BCUT2D eigenvalue weighted by molar-refractivity contribution is 0.829. The van der Waals surface area contributed by atoms with Crippen LogP contribution in [0.2, 0.25) is 0 Å². The summed E-state index contributed by atoms with van der Waals surface area (Å²) in [5.74, 6) is 0.448. The normalized spacial score (nSPS) is 11.2. The molecule has 0 radical (unpaired) electrons. The molecule has 2 nitrogen and oxygen atoms in total. The Morgan fingerprint density at radius 1 is 1.33 bits per heavy atom. The quantitative estimate of drug-likeness (QED) is 0.808. The van der Waals surface area contributed by atoms with Crippen LogP contribution in [0.5, 0.6) is 0 Å². The summed E-state index contributed by atoms with van der Waals surface area (Å²) in [6.07, 6.45) is 0. The SMILES string of the molecule is CCNc1cc(C(C)C)nc2c(C)c(I)ccc12. The van der Waals surface area contributed by atoms with Crippen LogP contribution in [0.25, 0.3) is 10.9 Å². The average Bonchev–Trinajstić information content (AvgIpc) is 2.34. The molecule has 0 fully saturated rings. The second-order valence-electron chi connectivity index (χ2n) is 4.85. The van der Waals surface area contributed by atoms with E-state index < -0.39 is 0 Å². The molecule has 3 heteroatoms. The predicted octanol–water partition coefficient (Wildman–Crippen LogP) is 4.70. The van der Waals surface area contributed by atoms with Crippen LogP contribution in [-0.4, -0.2) is 11.5 Å². The van der Waals surface area contributed by atoms with Crippen molar-refractivity contribution in [3.63, 3.8) is 0 Å². The van der Waals surface area contributed by atoms with Gasteiger partial charge in [0, 0.05) is 26.9 Å².